The molecule has 0 saturated carbocycles. The minimum absolute atomic E-state index is 0. The summed E-state index contributed by atoms with van der Waals surface area (Å²) in [5.74, 6) is -1.94. The summed E-state index contributed by atoms with van der Waals surface area (Å²) in [7, 11) is 0. The Morgan fingerprint density at radius 1 is 0.696 bits per heavy atom. The molecule has 0 bridgehead atoms. The lowest BCUT2D eigenvalue weighted by molar-refractivity contribution is -0.709. The maximum absolute atomic E-state index is 10.1. The number of rotatable bonds is 13. The first kappa shape index (κ1) is 24.2. The van der Waals surface area contributed by atoms with Crippen molar-refractivity contribution < 1.29 is 26.5 Å². The Bertz CT molecular complexity index is 269. The molecular formula is C18H37NO4. The molecule has 0 aliphatic rings. The first-order valence-corrected chi connectivity index (χ1v) is 9.00. The summed E-state index contributed by atoms with van der Waals surface area (Å²) in [6.07, 6.45) is 7.88. The topological polar surface area (TPSA) is 96.9 Å². The van der Waals surface area contributed by atoms with E-state index in [1.165, 1.54) is 0 Å². The summed E-state index contributed by atoms with van der Waals surface area (Å²) in [4.78, 5) is 20.2. The summed E-state index contributed by atoms with van der Waals surface area (Å²) >= 11 is 0. The third-order valence-corrected chi connectivity index (χ3v) is 3.28. The van der Waals surface area contributed by atoms with E-state index < -0.39 is 11.9 Å². The minimum Gasteiger partial charge on any atom is -0.550 e. The molecular weight excluding hydrogens is 294 g/mol. The highest BCUT2D eigenvalue weighted by Crippen LogP contribution is 2.10. The number of carboxylic acids is 2. The molecule has 0 rings (SSSR count). The molecule has 0 spiro atoms. The predicted octanol–water partition coefficient (Wildman–Crippen LogP) is 0.866. The zero-order chi connectivity index (χ0) is 18.1. The molecule has 0 heterocycles. The van der Waals surface area contributed by atoms with E-state index in [1.807, 2.05) is 0 Å². The van der Waals surface area contributed by atoms with Gasteiger partial charge in [0, 0.05) is 11.9 Å². The Kier molecular flexibility index (Phi) is 18.1. The van der Waals surface area contributed by atoms with Gasteiger partial charge < -0.3 is 25.1 Å². The van der Waals surface area contributed by atoms with Crippen LogP contribution in [-0.2, 0) is 9.59 Å². The van der Waals surface area contributed by atoms with Crippen LogP contribution >= 0.6 is 0 Å². The number of carboxylic acid groups (broad SMARTS) is 2. The summed E-state index contributed by atoms with van der Waals surface area (Å²) in [6.45, 7) is 8.83. The molecule has 0 aliphatic carbocycles. The Hall–Kier alpha value is -1.10. The van der Waals surface area contributed by atoms with Crippen molar-refractivity contribution in [2.45, 2.75) is 104 Å². The monoisotopic (exact) mass is 331 g/mol. The van der Waals surface area contributed by atoms with Gasteiger partial charge in [-0.3, -0.25) is 0 Å². The van der Waals surface area contributed by atoms with Crippen LogP contribution in [-0.4, -0.2) is 24.0 Å². The van der Waals surface area contributed by atoms with Crippen molar-refractivity contribution in [1.29, 1.82) is 0 Å². The van der Waals surface area contributed by atoms with E-state index in [1.54, 1.807) is 0 Å². The molecule has 2 N–H and O–H groups in total. The van der Waals surface area contributed by atoms with E-state index in [0.29, 0.717) is 12.8 Å². The average Bonchev–Trinajstić information content (AvgIpc) is 2.39. The van der Waals surface area contributed by atoms with Gasteiger partial charge in [-0.25, -0.2) is 0 Å². The van der Waals surface area contributed by atoms with Crippen molar-refractivity contribution in [3.8, 4) is 0 Å². The molecule has 0 amide bonds. The van der Waals surface area contributed by atoms with E-state index in [0.717, 1.165) is 50.6 Å². The fourth-order valence-electron chi connectivity index (χ4n) is 2.37. The number of hydrogen-bond donors (Lipinski definition) is 1. The highest BCUT2D eigenvalue weighted by atomic mass is 16.4. The van der Waals surface area contributed by atoms with E-state index in [2.05, 4.69) is 33.0 Å². The smallest absolute Gasteiger partial charge is 0.550 e. The lowest BCUT2D eigenvalue weighted by Crippen LogP contribution is -2.92. The van der Waals surface area contributed by atoms with E-state index in [9.17, 15) is 19.8 Å². The molecule has 0 atom stereocenters. The fraction of sp³-hybridized carbons (Fsp3) is 0.889. The highest BCUT2D eigenvalue weighted by molar-refractivity contribution is 5.64. The van der Waals surface area contributed by atoms with Crippen molar-refractivity contribution in [1.82, 2.24) is 0 Å². The van der Waals surface area contributed by atoms with Crippen LogP contribution in [0.15, 0.2) is 0 Å². The Labute approximate surface area is 143 Å². The maximum Gasteiger partial charge on any atom is 1.00 e. The van der Waals surface area contributed by atoms with E-state index in [4.69, 9.17) is 0 Å². The molecule has 0 aliphatic heterocycles. The van der Waals surface area contributed by atoms with Crippen LogP contribution in [0.1, 0.15) is 93.3 Å². The lowest BCUT2D eigenvalue weighted by Gasteiger charge is -2.06. The predicted molar refractivity (Wildman–Crippen MR) is 89.5 cm³/mol. The molecule has 5 nitrogen and oxygen atoms in total. The van der Waals surface area contributed by atoms with Crippen LogP contribution in [0.4, 0.5) is 0 Å². The standard InChI is InChI=1S/C12H22O4.C6H15N/c13-11(14)9-7-5-3-1-2-4-6-8-10-12(15)16;1-5(2)7-6(3)4/h1-10H2,(H,13,14)(H,15,16);5-7H,1-4H3. The number of carbonyl (C=O) groups excluding carboxylic acids is 2. The summed E-state index contributed by atoms with van der Waals surface area (Å²) in [5.41, 5.74) is 0. The summed E-state index contributed by atoms with van der Waals surface area (Å²) in [5, 5.41) is 22.5. The molecule has 5 heteroatoms. The Balaban J connectivity index is -0.000000468. The molecule has 0 fully saturated rings. The van der Waals surface area contributed by atoms with Crippen molar-refractivity contribution in [2.75, 3.05) is 0 Å². The van der Waals surface area contributed by atoms with Gasteiger partial charge in [0.2, 0.25) is 0 Å². The number of unbranched alkanes of at least 4 members (excludes halogenated alkanes) is 7. The second kappa shape index (κ2) is 17.3. The number of quaternary nitrogens is 1. The van der Waals surface area contributed by atoms with Gasteiger partial charge >= 0.3 is 1.43 Å². The fourth-order valence-corrected chi connectivity index (χ4v) is 2.37. The van der Waals surface area contributed by atoms with Gasteiger partial charge in [0.1, 0.15) is 0 Å². The third-order valence-electron chi connectivity index (χ3n) is 3.28. The van der Waals surface area contributed by atoms with Gasteiger partial charge in [0.15, 0.2) is 0 Å². The number of aliphatic carboxylic acids is 2. The van der Waals surface area contributed by atoms with Crippen LogP contribution in [0, 0.1) is 0 Å². The maximum atomic E-state index is 10.1. The first-order chi connectivity index (χ1) is 10.8. The number of nitrogens with two attached hydrogens (primary N) is 1. The van der Waals surface area contributed by atoms with Crippen LogP contribution in [0.25, 0.3) is 0 Å². The van der Waals surface area contributed by atoms with Gasteiger partial charge in [-0.15, -0.1) is 0 Å². The second-order valence-electron chi connectivity index (χ2n) is 6.75. The molecule has 0 radical (unpaired) electrons. The molecule has 138 valence electrons. The van der Waals surface area contributed by atoms with Gasteiger partial charge in [-0.2, -0.15) is 0 Å². The number of hydrogen-bond acceptors (Lipinski definition) is 4. The minimum atomic E-state index is -0.970. The summed E-state index contributed by atoms with van der Waals surface area (Å²) in [6, 6.07) is 1.50. The molecule has 0 aromatic carbocycles. The first-order valence-electron chi connectivity index (χ1n) is 9.00. The van der Waals surface area contributed by atoms with Crippen molar-refractivity contribution in [2.24, 2.45) is 0 Å². The average molecular weight is 331 g/mol. The zero-order valence-electron chi connectivity index (χ0n) is 16.4. The largest absolute Gasteiger partial charge is 1.00 e. The Morgan fingerprint density at radius 3 is 1.13 bits per heavy atom. The van der Waals surface area contributed by atoms with Crippen LogP contribution in [0.3, 0.4) is 0 Å². The van der Waals surface area contributed by atoms with Crippen LogP contribution in [0.2, 0.25) is 0 Å². The third kappa shape index (κ3) is 29.5. The molecule has 0 aromatic rings. The van der Waals surface area contributed by atoms with E-state index in [-0.39, 0.29) is 14.3 Å². The molecule has 0 aromatic heterocycles. The van der Waals surface area contributed by atoms with Crippen molar-refractivity contribution >= 4 is 11.9 Å². The lowest BCUT2D eigenvalue weighted by atomic mass is 10.1. The second-order valence-corrected chi connectivity index (χ2v) is 6.75. The number of carbonyl (C=O) groups is 2. The highest BCUT2D eigenvalue weighted by Gasteiger charge is 1.97. The SMILES string of the molecule is CC(C)[NH2+]C(C)C.O=C([O-])CCCCCCCCCCC(=O)[O-].[H+]. The molecule has 0 unspecified atom stereocenters. The van der Waals surface area contributed by atoms with Gasteiger partial charge in [0.25, 0.3) is 0 Å². The zero-order valence-corrected chi connectivity index (χ0v) is 15.4. The summed E-state index contributed by atoms with van der Waals surface area (Å²) < 4.78 is 0. The molecule has 23 heavy (non-hydrogen) atoms. The van der Waals surface area contributed by atoms with E-state index >= 15 is 0 Å². The Morgan fingerprint density at radius 2 is 0.957 bits per heavy atom. The quantitative estimate of drug-likeness (QED) is 0.506. The molecule has 0 saturated heterocycles. The van der Waals surface area contributed by atoms with Crippen molar-refractivity contribution in [3.63, 3.8) is 0 Å². The normalized spacial score (nSPS) is 10.5. The van der Waals surface area contributed by atoms with Crippen LogP contribution < -0.4 is 15.5 Å². The van der Waals surface area contributed by atoms with Gasteiger partial charge in [0.05, 0.1) is 12.1 Å². The van der Waals surface area contributed by atoms with Crippen molar-refractivity contribution in [3.05, 3.63) is 0 Å². The van der Waals surface area contributed by atoms with Gasteiger partial charge in [-0.1, -0.05) is 38.5 Å². The van der Waals surface area contributed by atoms with Gasteiger partial charge in [-0.05, 0) is 53.4 Å². The van der Waals surface area contributed by atoms with Crippen LogP contribution in [0.5, 0.6) is 0 Å².